The largest absolute Gasteiger partial charge is 0.497 e. The third kappa shape index (κ3) is 3.32. The van der Waals surface area contributed by atoms with Crippen molar-refractivity contribution in [3.63, 3.8) is 0 Å². The maximum absolute atomic E-state index is 5.25. The summed E-state index contributed by atoms with van der Waals surface area (Å²) in [7, 11) is 3.19. The maximum Gasteiger partial charge on any atom is 0.238 e. The van der Waals surface area contributed by atoms with E-state index in [-0.39, 0.29) is 0 Å². The Morgan fingerprint density at radius 1 is 1.32 bits per heavy atom. The van der Waals surface area contributed by atoms with Crippen LogP contribution < -0.4 is 14.9 Å². The Labute approximate surface area is 114 Å². The zero-order valence-electron chi connectivity index (χ0n) is 10.4. The van der Waals surface area contributed by atoms with Crippen molar-refractivity contribution >= 4 is 24.4 Å². The van der Waals surface area contributed by atoms with E-state index < -0.39 is 0 Å². The second-order valence-electron chi connectivity index (χ2n) is 3.49. The summed E-state index contributed by atoms with van der Waals surface area (Å²) >= 11 is 4.82. The van der Waals surface area contributed by atoms with Crippen molar-refractivity contribution in [2.24, 2.45) is 5.10 Å². The van der Waals surface area contributed by atoms with Crippen molar-refractivity contribution in [2.75, 3.05) is 19.6 Å². The number of methoxy groups -OCH3 is 2. The normalized spacial score (nSPS) is 10.6. The molecule has 0 radical (unpaired) electrons. The van der Waals surface area contributed by atoms with Crippen molar-refractivity contribution in [1.29, 1.82) is 0 Å². The minimum absolute atomic E-state index is 0.361. The number of aromatic nitrogens is 3. The van der Waals surface area contributed by atoms with Gasteiger partial charge in [-0.1, -0.05) is 0 Å². The Hall–Kier alpha value is -2.35. The highest BCUT2D eigenvalue weighted by molar-refractivity contribution is 7.71. The summed E-state index contributed by atoms with van der Waals surface area (Å²) in [5, 5.41) is 9.41. The van der Waals surface area contributed by atoms with Crippen LogP contribution in [0.15, 0.2) is 23.3 Å². The van der Waals surface area contributed by atoms with Gasteiger partial charge < -0.3 is 9.47 Å². The molecule has 0 fully saturated rings. The molecule has 1 aromatic heterocycles. The number of anilines is 1. The second kappa shape index (κ2) is 6.01. The highest BCUT2D eigenvalue weighted by atomic mass is 32.1. The van der Waals surface area contributed by atoms with Gasteiger partial charge in [0.2, 0.25) is 10.7 Å². The van der Waals surface area contributed by atoms with Crippen molar-refractivity contribution in [1.82, 2.24) is 15.2 Å². The Balaban J connectivity index is 2.11. The van der Waals surface area contributed by atoms with Gasteiger partial charge in [-0.3, -0.25) is 10.2 Å². The van der Waals surface area contributed by atoms with Crippen LogP contribution in [0.4, 0.5) is 5.95 Å². The van der Waals surface area contributed by atoms with Crippen LogP contribution in [0, 0.1) is 4.77 Å². The molecule has 19 heavy (non-hydrogen) atoms. The standard InChI is InChI=1S/C11H13N5O2S/c1-17-8-4-3-7(9(5-8)18-2)6-12-14-10-13-11(19)16-15-10/h3-6H,1-2H3,(H3,13,14,15,16,19). The first-order valence-electron chi connectivity index (χ1n) is 5.38. The van der Waals surface area contributed by atoms with E-state index in [0.29, 0.717) is 16.5 Å². The predicted octanol–water partition coefficient (Wildman–Crippen LogP) is 1.93. The molecule has 0 saturated carbocycles. The van der Waals surface area contributed by atoms with Crippen molar-refractivity contribution in [3.8, 4) is 11.5 Å². The molecule has 2 rings (SSSR count). The number of nitrogens with zero attached hydrogens (tertiary/aromatic N) is 2. The van der Waals surface area contributed by atoms with Crippen LogP contribution in [-0.4, -0.2) is 35.6 Å². The zero-order chi connectivity index (χ0) is 13.7. The lowest BCUT2D eigenvalue weighted by molar-refractivity contribution is 0.394. The van der Waals surface area contributed by atoms with Gasteiger partial charge in [0.25, 0.3) is 0 Å². The van der Waals surface area contributed by atoms with E-state index in [0.717, 1.165) is 11.3 Å². The van der Waals surface area contributed by atoms with Crippen LogP contribution in [0.3, 0.4) is 0 Å². The van der Waals surface area contributed by atoms with Crippen LogP contribution in [0.2, 0.25) is 0 Å². The number of rotatable bonds is 5. The van der Waals surface area contributed by atoms with Crippen LogP contribution in [-0.2, 0) is 0 Å². The number of hydrogen-bond acceptors (Lipinski definition) is 6. The first-order chi connectivity index (χ1) is 9.22. The molecule has 1 aromatic carbocycles. The Bertz CT molecular complexity index is 634. The average Bonchev–Trinajstić information content (AvgIpc) is 2.84. The van der Waals surface area contributed by atoms with E-state index >= 15 is 0 Å². The van der Waals surface area contributed by atoms with Crippen LogP contribution in [0.1, 0.15) is 5.56 Å². The lowest BCUT2D eigenvalue weighted by atomic mass is 10.2. The molecule has 0 saturated heterocycles. The average molecular weight is 279 g/mol. The lowest BCUT2D eigenvalue weighted by Crippen LogP contribution is -1.96. The maximum atomic E-state index is 5.25. The van der Waals surface area contributed by atoms with Gasteiger partial charge >= 0.3 is 0 Å². The molecule has 0 spiro atoms. The third-order valence-corrected chi connectivity index (χ3v) is 2.51. The lowest BCUT2D eigenvalue weighted by Gasteiger charge is -2.06. The molecule has 0 bridgehead atoms. The molecule has 0 atom stereocenters. The second-order valence-corrected chi connectivity index (χ2v) is 3.88. The predicted molar refractivity (Wildman–Crippen MR) is 74.5 cm³/mol. The SMILES string of the molecule is COc1ccc(C=NNc2nc(=S)[nH][nH]2)c(OC)c1. The molecular weight excluding hydrogens is 266 g/mol. The first kappa shape index (κ1) is 13.1. The number of nitrogens with one attached hydrogen (secondary N) is 3. The summed E-state index contributed by atoms with van der Waals surface area (Å²) in [6.45, 7) is 0. The topological polar surface area (TPSA) is 87.3 Å². The number of aromatic amines is 2. The third-order valence-electron chi connectivity index (χ3n) is 2.32. The van der Waals surface area contributed by atoms with Gasteiger partial charge in [0.15, 0.2) is 0 Å². The highest BCUT2D eigenvalue weighted by Crippen LogP contribution is 2.23. The van der Waals surface area contributed by atoms with Gasteiger partial charge in [-0.15, -0.1) is 0 Å². The van der Waals surface area contributed by atoms with Crippen LogP contribution >= 0.6 is 12.2 Å². The molecule has 3 N–H and O–H groups in total. The minimum Gasteiger partial charge on any atom is -0.497 e. The highest BCUT2D eigenvalue weighted by Gasteiger charge is 2.02. The molecule has 7 nitrogen and oxygen atoms in total. The van der Waals surface area contributed by atoms with Gasteiger partial charge in [-0.25, -0.2) is 5.43 Å². The number of hydrazone groups is 1. The van der Waals surface area contributed by atoms with E-state index in [4.69, 9.17) is 21.7 Å². The summed E-state index contributed by atoms with van der Waals surface area (Å²) in [5.74, 6) is 1.83. The number of H-pyrrole nitrogens is 2. The van der Waals surface area contributed by atoms with Gasteiger partial charge in [0.1, 0.15) is 11.5 Å². The fourth-order valence-electron chi connectivity index (χ4n) is 1.41. The smallest absolute Gasteiger partial charge is 0.238 e. The Morgan fingerprint density at radius 2 is 2.16 bits per heavy atom. The van der Waals surface area contributed by atoms with E-state index in [1.165, 1.54) is 0 Å². The molecule has 0 aliphatic heterocycles. The van der Waals surface area contributed by atoms with Crippen LogP contribution in [0.5, 0.6) is 11.5 Å². The quantitative estimate of drug-likeness (QED) is 0.442. The van der Waals surface area contributed by atoms with Gasteiger partial charge in [0, 0.05) is 11.6 Å². The molecule has 0 aliphatic rings. The molecule has 100 valence electrons. The molecule has 2 aromatic rings. The summed E-state index contributed by atoms with van der Waals surface area (Å²) in [6.07, 6.45) is 1.61. The minimum atomic E-state index is 0.361. The fraction of sp³-hybridized carbons (Fsp3) is 0.182. The first-order valence-corrected chi connectivity index (χ1v) is 5.79. The van der Waals surface area contributed by atoms with Crippen molar-refractivity contribution in [2.45, 2.75) is 0 Å². The van der Waals surface area contributed by atoms with E-state index in [1.807, 2.05) is 12.1 Å². The summed E-state index contributed by atoms with van der Waals surface area (Å²) in [6, 6.07) is 5.45. The number of hydrogen-bond donors (Lipinski definition) is 3. The zero-order valence-corrected chi connectivity index (χ0v) is 11.2. The number of benzene rings is 1. The number of ether oxygens (including phenoxy) is 2. The van der Waals surface area contributed by atoms with E-state index in [9.17, 15) is 0 Å². The van der Waals surface area contributed by atoms with Gasteiger partial charge in [-0.2, -0.15) is 10.1 Å². The Kier molecular flexibility index (Phi) is 4.14. The molecule has 0 aliphatic carbocycles. The molecule has 0 unspecified atom stereocenters. The molecular formula is C11H13N5O2S. The Morgan fingerprint density at radius 3 is 2.79 bits per heavy atom. The summed E-state index contributed by atoms with van der Waals surface area (Å²) < 4.78 is 10.7. The monoisotopic (exact) mass is 279 g/mol. The van der Waals surface area contributed by atoms with Gasteiger partial charge in [-0.05, 0) is 24.4 Å². The van der Waals surface area contributed by atoms with E-state index in [1.54, 1.807) is 26.5 Å². The molecule has 8 heteroatoms. The molecule has 1 heterocycles. The van der Waals surface area contributed by atoms with E-state index in [2.05, 4.69) is 25.7 Å². The van der Waals surface area contributed by atoms with Crippen molar-refractivity contribution < 1.29 is 9.47 Å². The summed E-state index contributed by atoms with van der Waals surface area (Å²) in [5.41, 5.74) is 3.52. The summed E-state index contributed by atoms with van der Waals surface area (Å²) in [4.78, 5) is 3.94. The fourth-order valence-corrected chi connectivity index (χ4v) is 1.55. The molecule has 0 amide bonds. The van der Waals surface area contributed by atoms with Crippen molar-refractivity contribution in [3.05, 3.63) is 28.5 Å². The van der Waals surface area contributed by atoms with Crippen LogP contribution in [0.25, 0.3) is 0 Å². The van der Waals surface area contributed by atoms with Gasteiger partial charge in [0.05, 0.1) is 20.4 Å².